The second kappa shape index (κ2) is 8.06. The number of aromatic nitrogens is 3. The highest BCUT2D eigenvalue weighted by atomic mass is 16.5. The smallest absolute Gasteiger partial charge is 0.227 e. The van der Waals surface area contributed by atoms with Gasteiger partial charge in [-0.05, 0) is 25.0 Å². The molecule has 134 valence electrons. The van der Waals surface area contributed by atoms with Gasteiger partial charge in [0.1, 0.15) is 18.0 Å². The first-order chi connectivity index (χ1) is 12.2. The molecule has 3 rings (SSSR count). The van der Waals surface area contributed by atoms with Gasteiger partial charge in [0.15, 0.2) is 5.82 Å². The number of hydrogen-bond acceptors (Lipinski definition) is 7. The fourth-order valence-electron chi connectivity index (χ4n) is 2.86. The van der Waals surface area contributed by atoms with Crippen LogP contribution < -0.4 is 10.1 Å². The highest BCUT2D eigenvalue weighted by molar-refractivity contribution is 5.76. The van der Waals surface area contributed by atoms with Crippen LogP contribution in [0.4, 0.5) is 0 Å². The molecule has 8 nitrogen and oxygen atoms in total. The first kappa shape index (κ1) is 17.3. The number of carbonyl (C=O) groups is 1. The number of ether oxygens (including phenoxy) is 1. The summed E-state index contributed by atoms with van der Waals surface area (Å²) in [5.41, 5.74) is 0. The lowest BCUT2D eigenvalue weighted by Crippen LogP contribution is -2.44. The van der Waals surface area contributed by atoms with Gasteiger partial charge in [0, 0.05) is 25.5 Å². The first-order valence-corrected chi connectivity index (χ1v) is 8.51. The minimum absolute atomic E-state index is 0.151. The van der Waals surface area contributed by atoms with Crippen LogP contribution in [0.3, 0.4) is 0 Å². The van der Waals surface area contributed by atoms with Crippen molar-refractivity contribution in [1.82, 2.24) is 20.4 Å². The van der Waals surface area contributed by atoms with Crippen molar-refractivity contribution in [2.45, 2.75) is 57.3 Å². The summed E-state index contributed by atoms with van der Waals surface area (Å²) >= 11 is 0. The summed E-state index contributed by atoms with van der Waals surface area (Å²) in [6, 6.07) is 3.25. The third kappa shape index (κ3) is 4.54. The van der Waals surface area contributed by atoms with Crippen LogP contribution in [-0.4, -0.2) is 44.4 Å². The summed E-state index contributed by atoms with van der Waals surface area (Å²) in [5, 5.41) is 17.0. The molecule has 1 amide bonds. The zero-order chi connectivity index (χ0) is 17.6. The van der Waals surface area contributed by atoms with Gasteiger partial charge in [0.05, 0.1) is 12.2 Å². The van der Waals surface area contributed by atoms with Gasteiger partial charge in [-0.15, -0.1) is 0 Å². The lowest BCUT2D eigenvalue weighted by Gasteiger charge is -2.21. The van der Waals surface area contributed by atoms with Crippen LogP contribution in [0, 0.1) is 0 Å². The molecule has 2 heterocycles. The largest absolute Gasteiger partial charge is 0.486 e. The van der Waals surface area contributed by atoms with Crippen molar-refractivity contribution >= 4 is 5.91 Å². The molecule has 0 unspecified atom stereocenters. The molecule has 1 aliphatic carbocycles. The van der Waals surface area contributed by atoms with Crippen LogP contribution >= 0.6 is 0 Å². The predicted octanol–water partition coefficient (Wildman–Crippen LogP) is 1.05. The summed E-state index contributed by atoms with van der Waals surface area (Å²) in [6.45, 7) is 1.94. The van der Waals surface area contributed by atoms with E-state index in [1.165, 1.54) is 0 Å². The molecular weight excluding hydrogens is 324 g/mol. The minimum Gasteiger partial charge on any atom is -0.486 e. The zero-order valence-electron chi connectivity index (χ0n) is 14.1. The third-order valence-corrected chi connectivity index (χ3v) is 4.22. The Morgan fingerprint density at radius 2 is 2.36 bits per heavy atom. The van der Waals surface area contributed by atoms with E-state index in [-0.39, 0.29) is 24.5 Å². The number of nitrogens with one attached hydrogen (secondary N) is 1. The van der Waals surface area contributed by atoms with E-state index in [1.54, 1.807) is 24.5 Å². The van der Waals surface area contributed by atoms with E-state index in [0.29, 0.717) is 43.1 Å². The van der Waals surface area contributed by atoms with Crippen LogP contribution in [0.15, 0.2) is 29.0 Å². The van der Waals surface area contributed by atoms with Crippen LogP contribution in [-0.2, 0) is 17.6 Å². The molecule has 2 N–H and O–H groups in total. The van der Waals surface area contributed by atoms with Crippen LogP contribution in [0.2, 0.25) is 0 Å². The molecule has 0 saturated heterocycles. The van der Waals surface area contributed by atoms with E-state index in [2.05, 4.69) is 20.4 Å². The summed E-state index contributed by atoms with van der Waals surface area (Å²) < 4.78 is 10.8. The van der Waals surface area contributed by atoms with E-state index in [9.17, 15) is 9.90 Å². The summed E-state index contributed by atoms with van der Waals surface area (Å²) in [7, 11) is 0. The second-order valence-corrected chi connectivity index (χ2v) is 6.04. The standard InChI is InChI=1S/C17H22N4O4/c1-2-14-20-16(25-21-14)8-7-15(22)19-12-5-6-13(17(12)23)24-11-4-3-9-18-10-11/h3-4,9-10,12-13,17,23H,2,5-8H2,1H3,(H,19,22)/t12-,13-,17-/m1/s1. The van der Waals surface area contributed by atoms with Gasteiger partial charge in [0.2, 0.25) is 11.8 Å². The van der Waals surface area contributed by atoms with Gasteiger partial charge in [-0.3, -0.25) is 9.78 Å². The number of carbonyl (C=O) groups excluding carboxylic acids is 1. The van der Waals surface area contributed by atoms with E-state index in [0.717, 1.165) is 0 Å². The average Bonchev–Trinajstić information content (AvgIpc) is 3.23. The van der Waals surface area contributed by atoms with Crippen LogP contribution in [0.5, 0.6) is 5.75 Å². The van der Waals surface area contributed by atoms with Crippen molar-refractivity contribution in [2.75, 3.05) is 0 Å². The number of nitrogens with zero attached hydrogens (tertiary/aromatic N) is 3. The fraction of sp³-hybridized carbons (Fsp3) is 0.529. The number of hydrogen-bond donors (Lipinski definition) is 2. The van der Waals surface area contributed by atoms with Gasteiger partial charge >= 0.3 is 0 Å². The lowest BCUT2D eigenvalue weighted by atomic mass is 10.2. The van der Waals surface area contributed by atoms with Gasteiger partial charge in [-0.1, -0.05) is 12.1 Å². The monoisotopic (exact) mass is 346 g/mol. The molecule has 2 aromatic rings. The van der Waals surface area contributed by atoms with Crippen molar-refractivity contribution in [3.05, 3.63) is 36.2 Å². The van der Waals surface area contributed by atoms with E-state index in [4.69, 9.17) is 9.26 Å². The number of pyridine rings is 1. The van der Waals surface area contributed by atoms with Crippen LogP contribution in [0.1, 0.15) is 37.9 Å². The van der Waals surface area contributed by atoms with E-state index < -0.39 is 6.10 Å². The Morgan fingerprint density at radius 3 is 3.08 bits per heavy atom. The molecule has 0 spiro atoms. The molecular formula is C17H22N4O4. The Balaban J connectivity index is 1.45. The average molecular weight is 346 g/mol. The maximum Gasteiger partial charge on any atom is 0.227 e. The third-order valence-electron chi connectivity index (χ3n) is 4.22. The van der Waals surface area contributed by atoms with Crippen molar-refractivity contribution in [1.29, 1.82) is 0 Å². The molecule has 2 aromatic heterocycles. The SMILES string of the molecule is CCc1noc(CCC(=O)N[C@@H]2CC[C@@H](Oc3cccnc3)[C@@H]2O)n1. The zero-order valence-corrected chi connectivity index (χ0v) is 14.1. The molecule has 0 bridgehead atoms. The first-order valence-electron chi connectivity index (χ1n) is 8.51. The fourth-order valence-corrected chi connectivity index (χ4v) is 2.86. The number of aryl methyl sites for hydroxylation is 2. The van der Waals surface area contributed by atoms with Crippen molar-refractivity contribution < 1.29 is 19.2 Å². The Morgan fingerprint density at radius 1 is 1.48 bits per heavy atom. The normalized spacial score (nSPS) is 22.7. The highest BCUT2D eigenvalue weighted by Gasteiger charge is 2.37. The quantitative estimate of drug-likeness (QED) is 0.771. The molecule has 1 saturated carbocycles. The lowest BCUT2D eigenvalue weighted by molar-refractivity contribution is -0.122. The summed E-state index contributed by atoms with van der Waals surface area (Å²) in [5.74, 6) is 1.55. The Hall–Kier alpha value is -2.48. The Kier molecular flexibility index (Phi) is 5.60. The van der Waals surface area contributed by atoms with Crippen molar-refractivity contribution in [3.63, 3.8) is 0 Å². The molecule has 0 radical (unpaired) electrons. The van der Waals surface area contributed by atoms with Gasteiger partial charge in [-0.2, -0.15) is 4.98 Å². The number of aliphatic hydroxyl groups excluding tert-OH is 1. The van der Waals surface area contributed by atoms with Crippen molar-refractivity contribution in [3.8, 4) is 5.75 Å². The Bertz CT molecular complexity index is 691. The molecule has 25 heavy (non-hydrogen) atoms. The minimum atomic E-state index is -0.751. The number of rotatable bonds is 7. The molecule has 0 aliphatic heterocycles. The number of amides is 1. The Labute approximate surface area is 145 Å². The summed E-state index contributed by atoms with van der Waals surface area (Å²) in [4.78, 5) is 20.3. The molecule has 8 heteroatoms. The van der Waals surface area contributed by atoms with E-state index >= 15 is 0 Å². The second-order valence-electron chi connectivity index (χ2n) is 6.04. The topological polar surface area (TPSA) is 110 Å². The van der Waals surface area contributed by atoms with Gasteiger partial charge in [-0.25, -0.2) is 0 Å². The molecule has 0 aromatic carbocycles. The molecule has 1 fully saturated rings. The van der Waals surface area contributed by atoms with Crippen molar-refractivity contribution in [2.24, 2.45) is 0 Å². The summed E-state index contributed by atoms with van der Waals surface area (Å²) in [6.07, 6.45) is 4.82. The molecule has 1 aliphatic rings. The van der Waals surface area contributed by atoms with Crippen LogP contribution in [0.25, 0.3) is 0 Å². The van der Waals surface area contributed by atoms with E-state index in [1.807, 2.05) is 6.92 Å². The van der Waals surface area contributed by atoms with Gasteiger partial charge < -0.3 is 19.7 Å². The van der Waals surface area contributed by atoms with Gasteiger partial charge in [0.25, 0.3) is 0 Å². The maximum atomic E-state index is 12.1. The number of aliphatic hydroxyl groups is 1. The highest BCUT2D eigenvalue weighted by Crippen LogP contribution is 2.25. The predicted molar refractivity (Wildman–Crippen MR) is 87.8 cm³/mol. The maximum absolute atomic E-state index is 12.1. The molecule has 3 atom stereocenters.